The van der Waals surface area contributed by atoms with E-state index in [4.69, 9.17) is 11.6 Å². The summed E-state index contributed by atoms with van der Waals surface area (Å²) in [4.78, 5) is 33.0. The molecule has 1 aliphatic rings. The number of anilines is 1. The van der Waals surface area contributed by atoms with E-state index in [1.165, 1.54) is 28.0 Å². The summed E-state index contributed by atoms with van der Waals surface area (Å²) in [5, 5.41) is 21.1. The van der Waals surface area contributed by atoms with Crippen molar-refractivity contribution in [1.82, 2.24) is 19.6 Å². The number of benzene rings is 2. The number of hydrogen-bond donors (Lipinski definition) is 1. The van der Waals surface area contributed by atoms with Gasteiger partial charge in [0.15, 0.2) is 10.1 Å². The standard InChI is InChI=1S/C28H19BrClN5O3S2/c1-15-22(34-12-5-4-11-20(34)31-15)24(36)21-23(16-8-6-9-18(29)13-16)35(26(38)25(21)37)27-32-33-28(40-27)39-14-17-7-2-3-10-19(17)30/h2-13,23,36H,14H2,1H3. The molecule has 0 radical (unpaired) electrons. The highest BCUT2D eigenvalue weighted by molar-refractivity contribution is 9.10. The van der Waals surface area contributed by atoms with Crippen LogP contribution in [0.3, 0.4) is 0 Å². The van der Waals surface area contributed by atoms with Gasteiger partial charge in [-0.05, 0) is 48.4 Å². The number of aliphatic hydroxyl groups excluding tert-OH is 1. The van der Waals surface area contributed by atoms with Crippen LogP contribution in [0.5, 0.6) is 0 Å². The van der Waals surface area contributed by atoms with Gasteiger partial charge in [0.2, 0.25) is 5.13 Å². The molecule has 1 saturated heterocycles. The predicted octanol–water partition coefficient (Wildman–Crippen LogP) is 6.83. The van der Waals surface area contributed by atoms with E-state index in [2.05, 4.69) is 31.1 Å². The molecule has 0 bridgehead atoms. The van der Waals surface area contributed by atoms with Crippen LogP contribution in [0, 0.1) is 6.92 Å². The van der Waals surface area contributed by atoms with Crippen molar-refractivity contribution in [3.05, 3.63) is 111 Å². The molecule has 0 saturated carbocycles. The third-order valence-corrected chi connectivity index (χ3v) is 9.41. The van der Waals surface area contributed by atoms with Gasteiger partial charge in [0.25, 0.3) is 5.78 Å². The first-order valence-electron chi connectivity index (χ1n) is 12.0. The number of carbonyl (C=O) groups is 2. The quantitative estimate of drug-likeness (QED) is 0.0706. The van der Waals surface area contributed by atoms with Crippen LogP contribution in [0.1, 0.15) is 28.6 Å². The lowest BCUT2D eigenvalue weighted by Crippen LogP contribution is -2.29. The van der Waals surface area contributed by atoms with Crippen LogP contribution in [0.25, 0.3) is 11.4 Å². The Labute approximate surface area is 250 Å². The number of imidazole rings is 1. The van der Waals surface area contributed by atoms with Crippen LogP contribution in [0.2, 0.25) is 5.02 Å². The van der Waals surface area contributed by atoms with E-state index in [0.29, 0.717) is 37.7 Å². The number of rotatable bonds is 6. The number of fused-ring (bicyclic) bond motifs is 1. The largest absolute Gasteiger partial charge is 0.505 e. The third-order valence-electron chi connectivity index (χ3n) is 6.45. The van der Waals surface area contributed by atoms with Crippen LogP contribution in [-0.4, -0.2) is 36.4 Å². The normalized spacial score (nSPS) is 16.8. The van der Waals surface area contributed by atoms with Gasteiger partial charge in [-0.25, -0.2) is 4.98 Å². The second-order valence-electron chi connectivity index (χ2n) is 8.93. The molecular weight excluding hydrogens is 634 g/mol. The lowest BCUT2D eigenvalue weighted by Gasteiger charge is -2.22. The zero-order valence-corrected chi connectivity index (χ0v) is 24.8. The second-order valence-corrected chi connectivity index (χ2v) is 12.4. The number of thioether (sulfide) groups is 1. The van der Waals surface area contributed by atoms with Crippen molar-refractivity contribution >= 4 is 78.9 Å². The molecule has 1 fully saturated rings. The lowest BCUT2D eigenvalue weighted by atomic mass is 9.96. The van der Waals surface area contributed by atoms with Gasteiger partial charge in [0, 0.05) is 21.4 Å². The molecule has 12 heteroatoms. The van der Waals surface area contributed by atoms with E-state index in [-0.39, 0.29) is 16.5 Å². The predicted molar refractivity (Wildman–Crippen MR) is 160 cm³/mol. The van der Waals surface area contributed by atoms with Crippen LogP contribution < -0.4 is 4.90 Å². The van der Waals surface area contributed by atoms with Gasteiger partial charge >= 0.3 is 5.91 Å². The van der Waals surface area contributed by atoms with Crippen molar-refractivity contribution in [2.24, 2.45) is 0 Å². The number of aromatic nitrogens is 4. The van der Waals surface area contributed by atoms with Crippen molar-refractivity contribution < 1.29 is 14.7 Å². The molecule has 3 aromatic heterocycles. The molecule has 8 nitrogen and oxygen atoms in total. The fourth-order valence-electron chi connectivity index (χ4n) is 4.66. The smallest absolute Gasteiger partial charge is 0.301 e. The van der Waals surface area contributed by atoms with E-state index in [0.717, 1.165) is 10.0 Å². The molecule has 1 atom stereocenters. The number of pyridine rings is 1. The highest BCUT2D eigenvalue weighted by atomic mass is 79.9. The lowest BCUT2D eigenvalue weighted by molar-refractivity contribution is -0.132. The maximum Gasteiger partial charge on any atom is 0.301 e. The zero-order chi connectivity index (χ0) is 28.0. The van der Waals surface area contributed by atoms with Crippen molar-refractivity contribution in [3.8, 4) is 0 Å². The summed E-state index contributed by atoms with van der Waals surface area (Å²) in [6.45, 7) is 1.75. The van der Waals surface area contributed by atoms with E-state index in [1.807, 2.05) is 48.5 Å². The molecule has 6 rings (SSSR count). The Balaban J connectivity index is 1.45. The number of carbonyl (C=O) groups excluding carboxylic acids is 2. The number of amides is 1. The van der Waals surface area contributed by atoms with Gasteiger partial charge in [0.1, 0.15) is 11.3 Å². The topological polar surface area (TPSA) is 101 Å². The molecule has 1 unspecified atom stereocenters. The van der Waals surface area contributed by atoms with Crippen LogP contribution in [0.15, 0.2) is 87.3 Å². The molecule has 0 aliphatic carbocycles. The number of halogens is 2. The molecule has 1 aliphatic heterocycles. The first-order valence-corrected chi connectivity index (χ1v) is 15.0. The van der Waals surface area contributed by atoms with E-state index in [9.17, 15) is 14.7 Å². The molecule has 2 aromatic carbocycles. The molecule has 5 aromatic rings. The van der Waals surface area contributed by atoms with Gasteiger partial charge in [-0.3, -0.25) is 18.9 Å². The van der Waals surface area contributed by atoms with Crippen molar-refractivity contribution in [1.29, 1.82) is 0 Å². The minimum absolute atomic E-state index is 0.0441. The molecule has 4 heterocycles. The van der Waals surface area contributed by atoms with Gasteiger partial charge < -0.3 is 5.11 Å². The first kappa shape index (κ1) is 26.7. The molecule has 1 N–H and O–H groups in total. The van der Waals surface area contributed by atoms with Gasteiger partial charge in [-0.15, -0.1) is 10.2 Å². The average molecular weight is 653 g/mol. The van der Waals surface area contributed by atoms with Crippen molar-refractivity contribution in [3.63, 3.8) is 0 Å². The zero-order valence-electron chi connectivity index (χ0n) is 20.8. The highest BCUT2D eigenvalue weighted by Crippen LogP contribution is 2.44. The number of Topliss-reactive ketones (excluding diaryl/α,β-unsaturated/α-hetero) is 1. The summed E-state index contributed by atoms with van der Waals surface area (Å²) in [5.74, 6) is -1.35. The monoisotopic (exact) mass is 651 g/mol. The Hall–Kier alpha value is -3.51. The molecule has 0 spiro atoms. The number of nitrogens with zero attached hydrogens (tertiary/aromatic N) is 5. The number of ketones is 1. The van der Waals surface area contributed by atoms with Crippen LogP contribution in [-0.2, 0) is 15.3 Å². The molecule has 40 heavy (non-hydrogen) atoms. The minimum atomic E-state index is -0.930. The van der Waals surface area contributed by atoms with Crippen molar-refractivity contribution in [2.75, 3.05) is 4.90 Å². The Morgan fingerprint density at radius 2 is 1.90 bits per heavy atom. The Morgan fingerprint density at radius 1 is 1.10 bits per heavy atom. The molecule has 1 amide bonds. The van der Waals surface area contributed by atoms with Crippen LogP contribution in [0.4, 0.5) is 5.13 Å². The minimum Gasteiger partial charge on any atom is -0.505 e. The Morgan fingerprint density at radius 3 is 2.70 bits per heavy atom. The van der Waals surface area contributed by atoms with E-state index >= 15 is 0 Å². The number of hydrogen-bond acceptors (Lipinski definition) is 8. The summed E-state index contributed by atoms with van der Waals surface area (Å²) in [7, 11) is 0. The summed E-state index contributed by atoms with van der Waals surface area (Å²) in [6, 6.07) is 19.3. The summed E-state index contributed by atoms with van der Waals surface area (Å²) < 4.78 is 3.07. The van der Waals surface area contributed by atoms with Crippen molar-refractivity contribution in [2.45, 2.75) is 23.1 Å². The maximum atomic E-state index is 13.6. The van der Waals surface area contributed by atoms with Crippen LogP contribution >= 0.6 is 50.6 Å². The Kier molecular flexibility index (Phi) is 7.22. The van der Waals surface area contributed by atoms with E-state index < -0.39 is 17.7 Å². The van der Waals surface area contributed by atoms with E-state index in [1.54, 1.807) is 35.7 Å². The van der Waals surface area contributed by atoms with Gasteiger partial charge in [-0.1, -0.05) is 87.0 Å². The fraction of sp³-hybridized carbons (Fsp3) is 0.107. The Bertz CT molecular complexity index is 1840. The third kappa shape index (κ3) is 4.72. The first-order chi connectivity index (χ1) is 19.3. The SMILES string of the molecule is Cc1nc2ccccn2c1C(O)=C1C(=O)C(=O)N(c2nnc(SCc3ccccc3Cl)s2)C1c1cccc(Br)c1. The second kappa shape index (κ2) is 10.8. The average Bonchev–Trinajstić information content (AvgIpc) is 3.61. The van der Waals surface area contributed by atoms with Gasteiger partial charge in [-0.2, -0.15) is 0 Å². The van der Waals surface area contributed by atoms with Gasteiger partial charge in [0.05, 0.1) is 17.3 Å². The summed E-state index contributed by atoms with van der Waals surface area (Å²) in [6.07, 6.45) is 1.75. The fourth-order valence-corrected chi connectivity index (χ4v) is 7.23. The highest BCUT2D eigenvalue weighted by Gasteiger charge is 2.49. The number of aliphatic hydroxyl groups is 1. The summed E-state index contributed by atoms with van der Waals surface area (Å²) >= 11 is 12.4. The maximum absolute atomic E-state index is 13.6. The summed E-state index contributed by atoms with van der Waals surface area (Å²) in [5.41, 5.74) is 3.02. The number of aryl methyl sites for hydroxylation is 1. The molecular formula is C28H19BrClN5O3S2. The molecule has 200 valence electrons.